The number of nitrogens with one attached hydrogen (secondary N) is 1. The van der Waals surface area contributed by atoms with E-state index in [4.69, 9.17) is 14.2 Å². The van der Waals surface area contributed by atoms with E-state index < -0.39 is 24.5 Å². The van der Waals surface area contributed by atoms with Crippen LogP contribution in [0.2, 0.25) is 0 Å². The molecule has 1 N–H and O–H groups in total. The van der Waals surface area contributed by atoms with Crippen LogP contribution in [0, 0.1) is 5.82 Å². The summed E-state index contributed by atoms with van der Waals surface area (Å²) in [5, 5.41) is 3.05. The van der Waals surface area contributed by atoms with Crippen molar-refractivity contribution in [2.24, 2.45) is 0 Å². The van der Waals surface area contributed by atoms with E-state index in [0.717, 1.165) is 31.9 Å². The van der Waals surface area contributed by atoms with Crippen molar-refractivity contribution in [3.63, 3.8) is 0 Å². The maximum absolute atomic E-state index is 13.5. The first-order valence-corrected chi connectivity index (χ1v) is 13.5. The summed E-state index contributed by atoms with van der Waals surface area (Å²) in [4.78, 5) is 30.9. The van der Waals surface area contributed by atoms with Crippen molar-refractivity contribution >= 4 is 17.6 Å². The Balaban J connectivity index is 1.48. The van der Waals surface area contributed by atoms with Crippen LogP contribution >= 0.6 is 0 Å². The largest absolute Gasteiger partial charge is 0.463 e. The summed E-state index contributed by atoms with van der Waals surface area (Å²) in [6.45, 7) is 5.49. The molecular weight excluding hydrogens is 539 g/mol. The fourth-order valence-corrected chi connectivity index (χ4v) is 5.20. The van der Waals surface area contributed by atoms with E-state index in [0.29, 0.717) is 17.9 Å². The van der Waals surface area contributed by atoms with Gasteiger partial charge in [-0.05, 0) is 51.1 Å². The van der Waals surface area contributed by atoms with E-state index in [2.05, 4.69) is 15.1 Å². The molecule has 1 atom stereocenters. The van der Waals surface area contributed by atoms with Gasteiger partial charge in [-0.25, -0.2) is 14.0 Å². The van der Waals surface area contributed by atoms with Crippen LogP contribution in [0.4, 0.5) is 18.9 Å². The average molecular weight is 574 g/mol. The van der Waals surface area contributed by atoms with Gasteiger partial charge in [0.25, 0.3) is 0 Å². The number of piperazine rings is 1. The van der Waals surface area contributed by atoms with Crippen LogP contribution in [0.1, 0.15) is 32.3 Å². The summed E-state index contributed by atoms with van der Waals surface area (Å²) in [6.07, 6.45) is 0. The van der Waals surface area contributed by atoms with Crippen molar-refractivity contribution in [3.05, 3.63) is 82.5 Å². The predicted molar refractivity (Wildman–Crippen MR) is 147 cm³/mol. The number of carbonyl (C=O) groups is 2. The van der Waals surface area contributed by atoms with E-state index in [1.54, 1.807) is 45.0 Å². The summed E-state index contributed by atoms with van der Waals surface area (Å²) < 4.78 is 55.5. The SMILES string of the molecule is CCOC(=O)C1=C(C)NC(C)=C(C(=O)OCCN2CCN(c3ccc(F)cc3)CC2)C1c1ccccc1OC(F)F. The zero-order valence-electron chi connectivity index (χ0n) is 23.3. The van der Waals surface area contributed by atoms with Gasteiger partial charge in [-0.3, -0.25) is 4.90 Å². The van der Waals surface area contributed by atoms with Crippen LogP contribution in [-0.2, 0) is 19.1 Å². The van der Waals surface area contributed by atoms with Crippen LogP contribution in [0.25, 0.3) is 0 Å². The minimum atomic E-state index is -3.10. The second-order valence-electron chi connectivity index (χ2n) is 9.71. The average Bonchev–Trinajstić information content (AvgIpc) is 2.93. The van der Waals surface area contributed by atoms with Gasteiger partial charge in [-0.2, -0.15) is 8.78 Å². The van der Waals surface area contributed by atoms with Gasteiger partial charge in [-0.1, -0.05) is 18.2 Å². The Morgan fingerprint density at radius 1 is 0.927 bits per heavy atom. The molecule has 41 heavy (non-hydrogen) atoms. The van der Waals surface area contributed by atoms with Crippen molar-refractivity contribution in [3.8, 4) is 5.75 Å². The molecule has 0 saturated carbocycles. The molecule has 11 heteroatoms. The highest BCUT2D eigenvalue weighted by Crippen LogP contribution is 2.43. The topological polar surface area (TPSA) is 80.3 Å². The third-order valence-corrected chi connectivity index (χ3v) is 7.13. The van der Waals surface area contributed by atoms with Crippen LogP contribution in [0.5, 0.6) is 5.75 Å². The van der Waals surface area contributed by atoms with Gasteiger partial charge in [0.05, 0.1) is 23.7 Å². The van der Waals surface area contributed by atoms with E-state index >= 15 is 0 Å². The molecule has 2 aliphatic rings. The summed E-state index contributed by atoms with van der Waals surface area (Å²) in [5.41, 5.74) is 2.28. The number of alkyl halides is 2. The summed E-state index contributed by atoms with van der Waals surface area (Å²) in [5.74, 6) is -2.82. The van der Waals surface area contributed by atoms with E-state index in [1.807, 2.05) is 0 Å². The van der Waals surface area contributed by atoms with Crippen LogP contribution in [0.3, 0.4) is 0 Å². The maximum Gasteiger partial charge on any atom is 0.387 e. The third kappa shape index (κ3) is 7.21. The van der Waals surface area contributed by atoms with E-state index in [9.17, 15) is 22.8 Å². The number of para-hydroxylation sites is 1. The Hall–Kier alpha value is -3.99. The number of rotatable bonds is 10. The third-order valence-electron chi connectivity index (χ3n) is 7.13. The molecule has 2 aromatic rings. The van der Waals surface area contributed by atoms with Gasteiger partial charge in [-0.15, -0.1) is 0 Å². The molecule has 2 aliphatic heterocycles. The maximum atomic E-state index is 13.5. The zero-order valence-corrected chi connectivity index (χ0v) is 23.3. The molecular formula is C30H34F3N3O5. The van der Waals surface area contributed by atoms with Crippen molar-refractivity contribution in [1.82, 2.24) is 10.2 Å². The van der Waals surface area contributed by atoms with Crippen molar-refractivity contribution in [1.29, 1.82) is 0 Å². The highest BCUT2D eigenvalue weighted by molar-refractivity contribution is 6.00. The Labute approximate surface area is 237 Å². The number of allylic oxidation sites excluding steroid dienone is 2. The summed E-state index contributed by atoms with van der Waals surface area (Å²) in [7, 11) is 0. The minimum Gasteiger partial charge on any atom is -0.463 e. The Bertz CT molecular complexity index is 1300. The number of hydrogen-bond acceptors (Lipinski definition) is 8. The molecule has 1 fully saturated rings. The Morgan fingerprint density at radius 3 is 2.15 bits per heavy atom. The molecule has 220 valence electrons. The number of dihydropyridines is 1. The van der Waals surface area contributed by atoms with Crippen molar-refractivity contribution < 1.29 is 37.0 Å². The van der Waals surface area contributed by atoms with Gasteiger partial charge in [0, 0.05) is 55.4 Å². The number of ether oxygens (including phenoxy) is 3. The van der Waals surface area contributed by atoms with E-state index in [-0.39, 0.29) is 41.5 Å². The van der Waals surface area contributed by atoms with Gasteiger partial charge in [0.1, 0.15) is 18.2 Å². The first-order valence-electron chi connectivity index (χ1n) is 13.5. The number of esters is 2. The van der Waals surface area contributed by atoms with Crippen molar-refractivity contribution in [2.75, 3.05) is 50.8 Å². The Kier molecular flexibility index (Phi) is 9.93. The first-order chi connectivity index (χ1) is 19.7. The standard InChI is InChI=1S/C30H34F3N3O5/c1-4-39-28(37)25-19(2)34-20(3)26(27(25)23-7-5-6-8-24(23)41-30(32)33)29(38)40-18-17-35-13-15-36(16-14-35)22-11-9-21(31)10-12-22/h5-12,27,30,34H,4,13-18H2,1-3H3. The molecule has 0 radical (unpaired) electrons. The normalized spacial score (nSPS) is 17.9. The molecule has 2 heterocycles. The fraction of sp³-hybridized carbons (Fsp3) is 0.400. The lowest BCUT2D eigenvalue weighted by Gasteiger charge is -2.36. The van der Waals surface area contributed by atoms with Gasteiger partial charge in [0.2, 0.25) is 0 Å². The van der Waals surface area contributed by atoms with Gasteiger partial charge < -0.3 is 24.4 Å². The van der Waals surface area contributed by atoms with Crippen molar-refractivity contribution in [2.45, 2.75) is 33.3 Å². The number of nitrogens with zero attached hydrogens (tertiary/aromatic N) is 2. The molecule has 1 unspecified atom stereocenters. The minimum absolute atomic E-state index is 0.0888. The highest BCUT2D eigenvalue weighted by Gasteiger charge is 2.39. The second kappa shape index (κ2) is 13.6. The lowest BCUT2D eigenvalue weighted by atomic mass is 9.80. The molecule has 0 aromatic heterocycles. The molecule has 0 aliphatic carbocycles. The van der Waals surface area contributed by atoms with Crippen LogP contribution in [0.15, 0.2) is 71.1 Å². The predicted octanol–water partition coefficient (Wildman–Crippen LogP) is 4.59. The number of benzene rings is 2. The lowest BCUT2D eigenvalue weighted by molar-refractivity contribution is -0.140. The molecule has 4 rings (SSSR count). The summed E-state index contributed by atoms with van der Waals surface area (Å²) in [6, 6.07) is 12.4. The van der Waals surface area contributed by atoms with Gasteiger partial charge in [0.15, 0.2) is 0 Å². The summed E-state index contributed by atoms with van der Waals surface area (Å²) >= 11 is 0. The van der Waals surface area contributed by atoms with Crippen LogP contribution < -0.4 is 15.0 Å². The number of carbonyl (C=O) groups excluding carboxylic acids is 2. The molecule has 8 nitrogen and oxygen atoms in total. The molecule has 0 bridgehead atoms. The zero-order chi connectivity index (χ0) is 29.5. The fourth-order valence-electron chi connectivity index (χ4n) is 5.20. The number of halogens is 3. The van der Waals surface area contributed by atoms with E-state index in [1.165, 1.54) is 24.3 Å². The quantitative estimate of drug-likeness (QED) is 0.414. The lowest BCUT2D eigenvalue weighted by Crippen LogP contribution is -2.47. The Morgan fingerprint density at radius 2 is 1.54 bits per heavy atom. The van der Waals surface area contributed by atoms with Gasteiger partial charge >= 0.3 is 18.6 Å². The first kappa shape index (κ1) is 30.0. The molecule has 1 saturated heterocycles. The monoisotopic (exact) mass is 573 g/mol. The number of anilines is 1. The number of hydrogen-bond donors (Lipinski definition) is 1. The molecule has 0 spiro atoms. The second-order valence-corrected chi connectivity index (χ2v) is 9.71. The molecule has 2 aromatic carbocycles. The smallest absolute Gasteiger partial charge is 0.387 e. The van der Waals surface area contributed by atoms with Crippen LogP contribution in [-0.4, -0.2) is 69.4 Å². The molecule has 0 amide bonds. The highest BCUT2D eigenvalue weighted by atomic mass is 19.3.